The average molecular weight is 444 g/mol. The van der Waals surface area contributed by atoms with Gasteiger partial charge in [0.05, 0.1) is 0 Å². The average Bonchev–Trinajstić information content (AvgIpc) is 2.57. The van der Waals surface area contributed by atoms with E-state index in [1.807, 2.05) is 49.4 Å². The first-order chi connectivity index (χ1) is 12.3. The molecule has 26 heavy (non-hydrogen) atoms. The second kappa shape index (κ2) is 9.72. The van der Waals surface area contributed by atoms with Crippen molar-refractivity contribution in [3.05, 3.63) is 63.1 Å². The van der Waals surface area contributed by atoms with Crippen LogP contribution in [-0.2, 0) is 15.9 Å². The summed E-state index contributed by atoms with van der Waals surface area (Å²) in [7, 11) is 0. The van der Waals surface area contributed by atoms with Gasteiger partial charge in [-0.25, -0.2) is 0 Å². The van der Waals surface area contributed by atoms with Crippen molar-refractivity contribution in [1.29, 1.82) is 0 Å². The molecule has 0 aromatic heterocycles. The molecular weight excluding hydrogens is 420 g/mol. The monoisotopic (exact) mass is 442 g/mol. The highest BCUT2D eigenvalue weighted by Crippen LogP contribution is 2.24. The van der Waals surface area contributed by atoms with E-state index in [0.29, 0.717) is 12.4 Å². The minimum atomic E-state index is -1.43. The molecule has 0 saturated heterocycles. The summed E-state index contributed by atoms with van der Waals surface area (Å²) in [4.78, 5) is 0. The van der Waals surface area contributed by atoms with Crippen LogP contribution in [0.2, 0.25) is 5.02 Å². The Hall–Kier alpha value is -1.11. The Bertz CT molecular complexity index is 703. The van der Waals surface area contributed by atoms with Crippen molar-refractivity contribution in [1.82, 2.24) is 0 Å². The molecule has 0 fully saturated rings. The largest absolute Gasteiger partial charge is 0.488 e. The lowest BCUT2D eigenvalue weighted by molar-refractivity contribution is -0.284. The van der Waals surface area contributed by atoms with Crippen LogP contribution in [-0.4, -0.2) is 30.4 Å². The molecular formula is C20H24BrClO4. The number of aliphatic hydroxyl groups is 1. The highest BCUT2D eigenvalue weighted by Gasteiger charge is 2.25. The first kappa shape index (κ1) is 21.2. The summed E-state index contributed by atoms with van der Waals surface area (Å²) in [5.74, 6) is -0.779. The Morgan fingerprint density at radius 2 is 1.88 bits per heavy atom. The van der Waals surface area contributed by atoms with Gasteiger partial charge in [0.15, 0.2) is 12.1 Å². The van der Waals surface area contributed by atoms with E-state index in [0.717, 1.165) is 27.0 Å². The van der Waals surface area contributed by atoms with E-state index in [2.05, 4.69) is 15.9 Å². The van der Waals surface area contributed by atoms with E-state index in [1.54, 1.807) is 13.8 Å². The predicted molar refractivity (Wildman–Crippen MR) is 107 cm³/mol. The summed E-state index contributed by atoms with van der Waals surface area (Å²) in [5, 5.41) is 11.0. The molecule has 0 bridgehead atoms. The topological polar surface area (TPSA) is 47.9 Å². The van der Waals surface area contributed by atoms with E-state index in [4.69, 9.17) is 25.8 Å². The van der Waals surface area contributed by atoms with E-state index >= 15 is 0 Å². The Morgan fingerprint density at radius 3 is 2.54 bits per heavy atom. The zero-order chi connectivity index (χ0) is 19.2. The minimum absolute atomic E-state index is 0.00121. The molecule has 0 aliphatic rings. The van der Waals surface area contributed by atoms with Crippen molar-refractivity contribution in [2.45, 2.75) is 39.3 Å². The maximum atomic E-state index is 10.2. The normalized spacial score (nSPS) is 14.7. The van der Waals surface area contributed by atoms with Gasteiger partial charge in [-0.15, -0.1) is 0 Å². The minimum Gasteiger partial charge on any atom is -0.488 e. The van der Waals surface area contributed by atoms with Crippen LogP contribution < -0.4 is 4.74 Å². The summed E-state index contributed by atoms with van der Waals surface area (Å²) in [6.07, 6.45) is 0.224. The van der Waals surface area contributed by atoms with Gasteiger partial charge in [0.2, 0.25) is 0 Å². The maximum absolute atomic E-state index is 10.2. The molecule has 2 unspecified atom stereocenters. The second-order valence-corrected chi connectivity index (χ2v) is 7.48. The van der Waals surface area contributed by atoms with Gasteiger partial charge in [0.25, 0.3) is 0 Å². The third-order valence-electron chi connectivity index (χ3n) is 3.65. The van der Waals surface area contributed by atoms with Gasteiger partial charge >= 0.3 is 0 Å². The summed E-state index contributed by atoms with van der Waals surface area (Å²) in [5.41, 5.74) is 2.17. The van der Waals surface area contributed by atoms with Crippen molar-refractivity contribution < 1.29 is 19.3 Å². The van der Waals surface area contributed by atoms with Crippen molar-refractivity contribution in [2.24, 2.45) is 0 Å². The van der Waals surface area contributed by atoms with Gasteiger partial charge in [-0.05, 0) is 68.7 Å². The molecule has 142 valence electrons. The molecule has 0 aliphatic carbocycles. The molecule has 4 nitrogen and oxygen atoms in total. The van der Waals surface area contributed by atoms with Crippen molar-refractivity contribution in [2.75, 3.05) is 13.2 Å². The van der Waals surface area contributed by atoms with Crippen molar-refractivity contribution >= 4 is 27.5 Å². The van der Waals surface area contributed by atoms with Crippen LogP contribution in [0.15, 0.2) is 46.9 Å². The van der Waals surface area contributed by atoms with Crippen LogP contribution in [0.4, 0.5) is 0 Å². The first-order valence-corrected chi connectivity index (χ1v) is 9.63. The summed E-state index contributed by atoms with van der Waals surface area (Å²) < 4.78 is 17.3. The third-order valence-corrected chi connectivity index (χ3v) is 4.52. The van der Waals surface area contributed by atoms with Crippen molar-refractivity contribution in [3.63, 3.8) is 0 Å². The van der Waals surface area contributed by atoms with Crippen LogP contribution in [0.3, 0.4) is 0 Å². The molecule has 0 saturated carbocycles. The molecule has 2 aromatic rings. The fourth-order valence-electron chi connectivity index (χ4n) is 2.48. The summed E-state index contributed by atoms with van der Waals surface area (Å²) in [6.45, 7) is 5.67. The Balaban J connectivity index is 1.92. The number of hydrogen-bond acceptors (Lipinski definition) is 4. The van der Waals surface area contributed by atoms with Crippen LogP contribution in [0, 0.1) is 0 Å². The predicted octanol–water partition coefficient (Wildman–Crippen LogP) is 5.18. The van der Waals surface area contributed by atoms with E-state index in [-0.39, 0.29) is 6.61 Å². The van der Waals surface area contributed by atoms with Crippen LogP contribution >= 0.6 is 27.5 Å². The molecule has 0 heterocycles. The van der Waals surface area contributed by atoms with Crippen LogP contribution in [0.1, 0.15) is 31.9 Å². The highest BCUT2D eigenvalue weighted by atomic mass is 79.9. The lowest BCUT2D eigenvalue weighted by Gasteiger charge is -2.27. The molecule has 2 atom stereocenters. The van der Waals surface area contributed by atoms with Gasteiger partial charge in [0, 0.05) is 16.1 Å². The molecule has 0 amide bonds. The van der Waals surface area contributed by atoms with Gasteiger partial charge in [-0.2, -0.15) is 0 Å². The molecule has 0 radical (unpaired) electrons. The molecule has 0 aliphatic heterocycles. The zero-order valence-corrected chi connectivity index (χ0v) is 17.5. The molecule has 2 aromatic carbocycles. The Morgan fingerprint density at radius 1 is 1.19 bits per heavy atom. The smallest absolute Gasteiger partial charge is 0.200 e. The summed E-state index contributed by atoms with van der Waals surface area (Å²) >= 11 is 9.71. The molecule has 1 N–H and O–H groups in total. The number of ether oxygens (including phenoxy) is 3. The van der Waals surface area contributed by atoms with Crippen molar-refractivity contribution in [3.8, 4) is 5.75 Å². The van der Waals surface area contributed by atoms with Gasteiger partial charge in [-0.3, -0.25) is 0 Å². The van der Waals surface area contributed by atoms with Gasteiger partial charge in [-0.1, -0.05) is 39.7 Å². The van der Waals surface area contributed by atoms with Gasteiger partial charge < -0.3 is 19.3 Å². The fourth-order valence-corrected chi connectivity index (χ4v) is 3.07. The Kier molecular flexibility index (Phi) is 7.92. The van der Waals surface area contributed by atoms with Gasteiger partial charge in [0.1, 0.15) is 12.4 Å². The number of halogens is 2. The van der Waals surface area contributed by atoms with Crippen LogP contribution in [0.5, 0.6) is 5.75 Å². The van der Waals surface area contributed by atoms with E-state index in [1.165, 1.54) is 0 Å². The number of rotatable bonds is 9. The van der Waals surface area contributed by atoms with E-state index < -0.39 is 12.1 Å². The molecule has 2 rings (SSSR count). The standard InChI is InChI=1S/C20H24BrClO4/c1-4-24-14(2)26-20(3,23)13-25-18-8-5-15(6-9-18)11-16-12-17(21)7-10-19(16)22/h5-10,12,14,23H,4,11,13H2,1-3H3. The first-order valence-electron chi connectivity index (χ1n) is 8.46. The van der Waals surface area contributed by atoms with E-state index in [9.17, 15) is 5.11 Å². The summed E-state index contributed by atoms with van der Waals surface area (Å²) in [6, 6.07) is 13.5. The SMILES string of the molecule is CCOC(C)OC(C)(O)COc1ccc(Cc2cc(Br)ccc2Cl)cc1. The fraction of sp³-hybridized carbons (Fsp3) is 0.400. The zero-order valence-electron chi connectivity index (χ0n) is 15.2. The number of hydrogen-bond donors (Lipinski definition) is 1. The molecule has 6 heteroatoms. The maximum Gasteiger partial charge on any atom is 0.200 e. The lowest BCUT2D eigenvalue weighted by atomic mass is 10.1. The lowest BCUT2D eigenvalue weighted by Crippen LogP contribution is -2.39. The second-order valence-electron chi connectivity index (χ2n) is 6.16. The number of benzene rings is 2. The highest BCUT2D eigenvalue weighted by molar-refractivity contribution is 9.10. The third kappa shape index (κ3) is 6.89. The Labute approximate surface area is 168 Å². The molecule has 0 spiro atoms. The quantitative estimate of drug-likeness (QED) is 0.543. The van der Waals surface area contributed by atoms with Crippen LogP contribution in [0.25, 0.3) is 0 Å².